The summed E-state index contributed by atoms with van der Waals surface area (Å²) < 4.78 is 0. The van der Waals surface area contributed by atoms with Gasteiger partial charge in [-0.2, -0.15) is 5.11 Å². The third-order valence-corrected chi connectivity index (χ3v) is 4.51. The van der Waals surface area contributed by atoms with E-state index in [0.717, 1.165) is 5.69 Å². The molecule has 1 aliphatic heterocycles. The van der Waals surface area contributed by atoms with Gasteiger partial charge in [-0.25, -0.2) is 5.01 Å². The van der Waals surface area contributed by atoms with Crippen molar-refractivity contribution in [2.75, 3.05) is 5.01 Å². The molecule has 5 nitrogen and oxygen atoms in total. The van der Waals surface area contributed by atoms with Crippen molar-refractivity contribution < 1.29 is 9.59 Å². The van der Waals surface area contributed by atoms with Crippen molar-refractivity contribution in [3.8, 4) is 0 Å². The molecule has 132 valence electrons. The summed E-state index contributed by atoms with van der Waals surface area (Å²) in [6, 6.07) is 25.4. The van der Waals surface area contributed by atoms with E-state index in [2.05, 4.69) is 10.3 Å². The first-order chi connectivity index (χ1) is 13.3. The molecule has 3 aromatic rings. The largest absolute Gasteiger partial charge is 0.292 e. The molecule has 0 radical (unpaired) electrons. The number of Topliss-reactive ketones (excluding diaryl/α,β-unsaturated/α-hetero) is 2. The Kier molecular flexibility index (Phi) is 4.58. The Hall–Kier alpha value is -3.60. The quantitative estimate of drug-likeness (QED) is 0.638. The molecular formula is C22H17N3O2. The number of carbonyl (C=O) groups excluding carboxylic acids is 2. The van der Waals surface area contributed by atoms with Crippen LogP contribution in [0.15, 0.2) is 101 Å². The average Bonchev–Trinajstić information content (AvgIpc) is 3.19. The van der Waals surface area contributed by atoms with Crippen LogP contribution in [0.4, 0.5) is 5.69 Å². The molecule has 0 amide bonds. The van der Waals surface area contributed by atoms with Crippen molar-refractivity contribution in [2.45, 2.75) is 12.1 Å². The van der Waals surface area contributed by atoms with Crippen LogP contribution in [-0.2, 0) is 0 Å². The van der Waals surface area contributed by atoms with Crippen molar-refractivity contribution in [3.63, 3.8) is 0 Å². The molecule has 4 rings (SSSR count). The van der Waals surface area contributed by atoms with Crippen molar-refractivity contribution in [1.29, 1.82) is 0 Å². The van der Waals surface area contributed by atoms with Gasteiger partial charge in [0.2, 0.25) is 0 Å². The van der Waals surface area contributed by atoms with Crippen LogP contribution in [-0.4, -0.2) is 23.7 Å². The number of para-hydroxylation sites is 1. The highest BCUT2D eigenvalue weighted by atomic mass is 16.1. The molecule has 0 aliphatic carbocycles. The van der Waals surface area contributed by atoms with E-state index in [1.165, 1.54) is 0 Å². The van der Waals surface area contributed by atoms with E-state index in [1.807, 2.05) is 42.5 Å². The average molecular weight is 355 g/mol. The van der Waals surface area contributed by atoms with Crippen molar-refractivity contribution in [2.24, 2.45) is 10.3 Å². The second kappa shape index (κ2) is 7.33. The second-order valence-corrected chi connectivity index (χ2v) is 6.24. The minimum atomic E-state index is -0.889. The van der Waals surface area contributed by atoms with Crippen LogP contribution in [0.5, 0.6) is 0 Å². The van der Waals surface area contributed by atoms with Crippen LogP contribution in [0, 0.1) is 0 Å². The summed E-state index contributed by atoms with van der Waals surface area (Å²) in [6.07, 6.45) is 0. The van der Waals surface area contributed by atoms with Crippen LogP contribution in [0.3, 0.4) is 0 Å². The summed E-state index contributed by atoms with van der Waals surface area (Å²) in [6.45, 7) is 0. The summed E-state index contributed by atoms with van der Waals surface area (Å²) in [7, 11) is 0. The van der Waals surface area contributed by atoms with E-state index in [1.54, 1.807) is 53.5 Å². The van der Waals surface area contributed by atoms with Gasteiger partial charge < -0.3 is 0 Å². The van der Waals surface area contributed by atoms with Gasteiger partial charge in [0, 0.05) is 11.1 Å². The fourth-order valence-electron chi connectivity index (χ4n) is 3.15. The standard InChI is InChI=1S/C22H17N3O2/c26-21(16-10-4-1-5-11-16)19-20(22(27)17-12-6-2-7-13-17)25(24-23-19)18-14-8-3-9-15-18/h1-15,19-20H. The highest BCUT2D eigenvalue weighted by Crippen LogP contribution is 2.29. The van der Waals surface area contributed by atoms with Gasteiger partial charge in [-0.05, 0) is 12.1 Å². The van der Waals surface area contributed by atoms with Crippen LogP contribution in [0.2, 0.25) is 0 Å². The highest BCUT2D eigenvalue weighted by Gasteiger charge is 2.43. The zero-order valence-electron chi connectivity index (χ0n) is 14.5. The Labute approximate surface area is 156 Å². The van der Waals surface area contributed by atoms with Gasteiger partial charge >= 0.3 is 0 Å². The molecule has 0 spiro atoms. The lowest BCUT2D eigenvalue weighted by atomic mass is 9.92. The van der Waals surface area contributed by atoms with E-state index >= 15 is 0 Å². The van der Waals surface area contributed by atoms with Gasteiger partial charge in [0.1, 0.15) is 6.04 Å². The van der Waals surface area contributed by atoms with Crippen molar-refractivity contribution in [1.82, 2.24) is 0 Å². The minimum Gasteiger partial charge on any atom is -0.292 e. The molecule has 1 aliphatic rings. The molecule has 0 N–H and O–H groups in total. The van der Waals surface area contributed by atoms with Crippen LogP contribution < -0.4 is 5.01 Å². The van der Waals surface area contributed by atoms with Crippen molar-refractivity contribution >= 4 is 17.3 Å². The minimum absolute atomic E-state index is 0.182. The number of benzene rings is 3. The molecule has 3 aromatic carbocycles. The highest BCUT2D eigenvalue weighted by molar-refractivity contribution is 6.10. The van der Waals surface area contributed by atoms with E-state index in [9.17, 15) is 9.59 Å². The zero-order chi connectivity index (χ0) is 18.6. The van der Waals surface area contributed by atoms with Crippen LogP contribution in [0.1, 0.15) is 20.7 Å². The predicted octanol–water partition coefficient (Wildman–Crippen LogP) is 4.38. The topological polar surface area (TPSA) is 62.1 Å². The number of ketones is 2. The molecule has 2 unspecified atom stereocenters. The predicted molar refractivity (Wildman–Crippen MR) is 103 cm³/mol. The fraction of sp³-hybridized carbons (Fsp3) is 0.0909. The molecule has 1 heterocycles. The number of rotatable bonds is 5. The van der Waals surface area contributed by atoms with Gasteiger partial charge in [-0.1, -0.05) is 84.1 Å². The second-order valence-electron chi connectivity index (χ2n) is 6.24. The molecule has 0 aromatic heterocycles. The SMILES string of the molecule is O=C(c1ccccc1)C1N=NN(c2ccccc2)C1C(=O)c1ccccc1. The van der Waals surface area contributed by atoms with Gasteiger partial charge in [0.25, 0.3) is 0 Å². The lowest BCUT2D eigenvalue weighted by Gasteiger charge is -2.24. The van der Waals surface area contributed by atoms with E-state index in [0.29, 0.717) is 11.1 Å². The van der Waals surface area contributed by atoms with Crippen LogP contribution in [0.25, 0.3) is 0 Å². The maximum atomic E-state index is 13.3. The van der Waals surface area contributed by atoms with Gasteiger partial charge in [0.15, 0.2) is 17.6 Å². The Bertz CT molecular complexity index is 972. The lowest BCUT2D eigenvalue weighted by Crippen LogP contribution is -2.45. The third-order valence-electron chi connectivity index (χ3n) is 4.51. The molecule has 5 heteroatoms. The first-order valence-corrected chi connectivity index (χ1v) is 8.69. The van der Waals surface area contributed by atoms with E-state index in [4.69, 9.17) is 0 Å². The molecule has 2 atom stereocenters. The summed E-state index contributed by atoms with van der Waals surface area (Å²) in [5.41, 5.74) is 1.77. The Balaban J connectivity index is 1.73. The Morgan fingerprint density at radius 1 is 0.667 bits per heavy atom. The fourth-order valence-corrected chi connectivity index (χ4v) is 3.15. The molecule has 27 heavy (non-hydrogen) atoms. The maximum Gasteiger partial charge on any atom is 0.191 e. The Morgan fingerprint density at radius 2 is 1.15 bits per heavy atom. The number of hydrogen-bond donors (Lipinski definition) is 0. The molecule has 0 saturated carbocycles. The van der Waals surface area contributed by atoms with Crippen molar-refractivity contribution in [3.05, 3.63) is 102 Å². The Morgan fingerprint density at radius 3 is 1.70 bits per heavy atom. The number of hydrogen-bond acceptors (Lipinski definition) is 5. The van der Waals surface area contributed by atoms with E-state index in [-0.39, 0.29) is 11.6 Å². The zero-order valence-corrected chi connectivity index (χ0v) is 14.5. The van der Waals surface area contributed by atoms with E-state index < -0.39 is 12.1 Å². The first kappa shape index (κ1) is 16.8. The van der Waals surface area contributed by atoms with Gasteiger partial charge in [0.05, 0.1) is 5.69 Å². The lowest BCUT2D eigenvalue weighted by molar-refractivity contribution is 0.0881. The summed E-state index contributed by atoms with van der Waals surface area (Å²) in [5.74, 6) is -0.397. The number of carbonyl (C=O) groups is 2. The maximum absolute atomic E-state index is 13.3. The summed E-state index contributed by atoms with van der Waals surface area (Å²) in [5, 5.41) is 9.90. The summed E-state index contributed by atoms with van der Waals surface area (Å²) >= 11 is 0. The van der Waals surface area contributed by atoms with Crippen LogP contribution >= 0.6 is 0 Å². The van der Waals surface area contributed by atoms with Gasteiger partial charge in [-0.15, -0.1) is 0 Å². The smallest absolute Gasteiger partial charge is 0.191 e. The number of nitrogens with zero attached hydrogens (tertiary/aromatic N) is 3. The molecule has 0 saturated heterocycles. The third kappa shape index (κ3) is 3.27. The summed E-state index contributed by atoms with van der Waals surface area (Å²) in [4.78, 5) is 26.3. The molecule has 0 bridgehead atoms. The number of anilines is 1. The molecular weight excluding hydrogens is 338 g/mol. The van der Waals surface area contributed by atoms with Gasteiger partial charge in [-0.3, -0.25) is 9.59 Å². The normalized spacial score (nSPS) is 18.4. The molecule has 0 fully saturated rings. The first-order valence-electron chi connectivity index (χ1n) is 8.69. The monoisotopic (exact) mass is 355 g/mol.